The summed E-state index contributed by atoms with van der Waals surface area (Å²) in [4.78, 5) is 3.40. The zero-order valence-electron chi connectivity index (χ0n) is 12.9. The first-order valence-corrected chi connectivity index (χ1v) is 8.96. The Balaban J connectivity index is 1.68. The summed E-state index contributed by atoms with van der Waals surface area (Å²) in [6, 6.07) is 12.5. The van der Waals surface area contributed by atoms with Gasteiger partial charge in [-0.15, -0.1) is 0 Å². The molecule has 5 rings (SSSR count). The Hall–Kier alpha value is -1.90. The first-order valence-electron chi connectivity index (χ1n) is 8.20. The molecule has 120 valence electrons. The quantitative estimate of drug-likeness (QED) is 0.493. The maximum atomic E-state index is 6.50. The van der Waals surface area contributed by atoms with Crippen LogP contribution in [0.1, 0.15) is 29.5 Å². The van der Waals surface area contributed by atoms with Gasteiger partial charge in [0.1, 0.15) is 0 Å². The largest absolute Gasteiger partial charge is 0.376 e. The lowest BCUT2D eigenvalue weighted by atomic mass is 9.77. The van der Waals surface area contributed by atoms with Gasteiger partial charge in [-0.25, -0.2) is 0 Å². The third-order valence-electron chi connectivity index (χ3n) is 5.34. The molecule has 1 aliphatic carbocycles. The van der Waals surface area contributed by atoms with E-state index in [1.54, 1.807) is 0 Å². The second kappa shape index (κ2) is 5.30. The zero-order chi connectivity index (χ0) is 16.3. The third-order valence-corrected chi connectivity index (χ3v) is 5.86. The first-order chi connectivity index (χ1) is 11.7. The van der Waals surface area contributed by atoms with E-state index in [2.05, 4.69) is 59.0 Å². The van der Waals surface area contributed by atoms with Gasteiger partial charge < -0.3 is 10.3 Å². The smallest absolute Gasteiger partial charge is 0.0655 e. The van der Waals surface area contributed by atoms with Crippen molar-refractivity contribution in [3.63, 3.8) is 0 Å². The number of hydrogen-bond acceptors (Lipinski definition) is 1. The van der Waals surface area contributed by atoms with Crippen LogP contribution in [-0.4, -0.2) is 4.98 Å². The molecule has 0 bridgehead atoms. The fourth-order valence-corrected chi connectivity index (χ4v) is 4.84. The summed E-state index contributed by atoms with van der Waals surface area (Å²) in [6.07, 6.45) is 7.78. The van der Waals surface area contributed by atoms with E-state index in [1.807, 2.05) is 6.07 Å². The molecule has 3 atom stereocenters. The Morgan fingerprint density at radius 3 is 2.83 bits per heavy atom. The molecule has 0 spiro atoms. The number of fused-ring (bicyclic) bond motifs is 4. The number of aromatic amines is 1. The number of allylic oxidation sites excluding steroid dienone is 2. The van der Waals surface area contributed by atoms with Gasteiger partial charge >= 0.3 is 0 Å². The minimum Gasteiger partial charge on any atom is -0.376 e. The van der Waals surface area contributed by atoms with Crippen LogP contribution in [0, 0.1) is 5.92 Å². The lowest BCUT2D eigenvalue weighted by Crippen LogP contribution is -2.29. The minimum absolute atomic E-state index is 0.229. The van der Waals surface area contributed by atoms with Gasteiger partial charge in [0.25, 0.3) is 0 Å². The number of anilines is 1. The van der Waals surface area contributed by atoms with Crippen LogP contribution in [0.15, 0.2) is 54.7 Å². The average molecular weight is 355 g/mol. The summed E-state index contributed by atoms with van der Waals surface area (Å²) in [5.41, 5.74) is 4.71. The van der Waals surface area contributed by atoms with E-state index in [-0.39, 0.29) is 6.04 Å². The topological polar surface area (TPSA) is 27.8 Å². The van der Waals surface area contributed by atoms with Crippen molar-refractivity contribution in [2.45, 2.75) is 18.4 Å². The Labute approximate surface area is 150 Å². The Kier molecular flexibility index (Phi) is 3.19. The van der Waals surface area contributed by atoms with Crippen molar-refractivity contribution in [1.29, 1.82) is 0 Å². The van der Waals surface area contributed by atoms with Gasteiger partial charge in [0, 0.05) is 28.0 Å². The average Bonchev–Trinajstić information content (AvgIpc) is 3.21. The third kappa shape index (κ3) is 2.03. The normalized spacial score (nSPS) is 24.7. The Morgan fingerprint density at radius 2 is 1.92 bits per heavy atom. The zero-order valence-corrected chi connectivity index (χ0v) is 14.4. The molecular formula is C20H16Cl2N2. The van der Waals surface area contributed by atoms with Crippen LogP contribution in [0.5, 0.6) is 0 Å². The predicted molar refractivity (Wildman–Crippen MR) is 101 cm³/mol. The van der Waals surface area contributed by atoms with Crippen LogP contribution in [0.3, 0.4) is 0 Å². The van der Waals surface area contributed by atoms with Crippen LogP contribution in [0.2, 0.25) is 10.0 Å². The molecule has 0 radical (unpaired) electrons. The van der Waals surface area contributed by atoms with Crippen molar-refractivity contribution >= 4 is 39.8 Å². The highest BCUT2D eigenvalue weighted by Gasteiger charge is 2.39. The van der Waals surface area contributed by atoms with E-state index in [9.17, 15) is 0 Å². The molecule has 2 N–H and O–H groups in total. The maximum absolute atomic E-state index is 6.50. The maximum Gasteiger partial charge on any atom is 0.0655 e. The number of rotatable bonds is 1. The molecular weight excluding hydrogens is 339 g/mol. The first kappa shape index (κ1) is 14.4. The van der Waals surface area contributed by atoms with E-state index in [0.717, 1.165) is 12.1 Å². The summed E-state index contributed by atoms with van der Waals surface area (Å²) in [5, 5.41) is 6.37. The monoisotopic (exact) mass is 354 g/mol. The van der Waals surface area contributed by atoms with Crippen molar-refractivity contribution in [3.05, 3.63) is 75.9 Å². The molecule has 1 aromatic heterocycles. The summed E-state index contributed by atoms with van der Waals surface area (Å²) in [7, 11) is 0. The fraction of sp³-hybridized carbons (Fsp3) is 0.200. The SMILES string of the molecule is Clc1cc(Cl)c2c(c1)C1C=CCC1C(c1c[nH]c3ccccc13)N2. The van der Waals surface area contributed by atoms with E-state index < -0.39 is 0 Å². The second-order valence-electron chi connectivity index (χ2n) is 6.62. The molecule has 0 saturated heterocycles. The number of nitrogens with one attached hydrogen (secondary N) is 2. The van der Waals surface area contributed by atoms with Crippen molar-refractivity contribution in [1.82, 2.24) is 4.98 Å². The Bertz CT molecular complexity index is 973. The van der Waals surface area contributed by atoms with Gasteiger partial charge in [-0.05, 0) is 41.7 Å². The summed E-state index contributed by atoms with van der Waals surface area (Å²) >= 11 is 12.7. The van der Waals surface area contributed by atoms with Crippen LogP contribution < -0.4 is 5.32 Å². The van der Waals surface area contributed by atoms with Crippen molar-refractivity contribution < 1.29 is 0 Å². The molecule has 2 aliphatic rings. The van der Waals surface area contributed by atoms with Crippen molar-refractivity contribution in [2.24, 2.45) is 5.92 Å². The van der Waals surface area contributed by atoms with E-state index in [4.69, 9.17) is 23.2 Å². The molecule has 0 saturated carbocycles. The number of benzene rings is 2. The molecule has 2 heterocycles. The molecule has 4 heteroatoms. The lowest BCUT2D eigenvalue weighted by Gasteiger charge is -2.37. The van der Waals surface area contributed by atoms with Crippen LogP contribution in [0.25, 0.3) is 10.9 Å². The summed E-state index contributed by atoms with van der Waals surface area (Å²) in [6.45, 7) is 0. The predicted octanol–water partition coefficient (Wildman–Crippen LogP) is 6.30. The van der Waals surface area contributed by atoms with Crippen LogP contribution in [0.4, 0.5) is 5.69 Å². The minimum atomic E-state index is 0.229. The van der Waals surface area contributed by atoms with E-state index in [1.165, 1.54) is 22.0 Å². The Morgan fingerprint density at radius 1 is 1.04 bits per heavy atom. The number of halogens is 2. The molecule has 2 nitrogen and oxygen atoms in total. The molecule has 3 unspecified atom stereocenters. The van der Waals surface area contributed by atoms with E-state index >= 15 is 0 Å². The molecule has 24 heavy (non-hydrogen) atoms. The number of H-pyrrole nitrogens is 1. The highest BCUT2D eigenvalue weighted by atomic mass is 35.5. The lowest BCUT2D eigenvalue weighted by molar-refractivity contribution is 0.427. The van der Waals surface area contributed by atoms with Crippen molar-refractivity contribution in [2.75, 3.05) is 5.32 Å². The molecule has 2 aromatic carbocycles. The van der Waals surface area contributed by atoms with Crippen LogP contribution >= 0.6 is 23.2 Å². The number of para-hydroxylation sites is 1. The summed E-state index contributed by atoms with van der Waals surface area (Å²) in [5.74, 6) is 0.836. The van der Waals surface area contributed by atoms with Gasteiger partial charge in [0.2, 0.25) is 0 Å². The van der Waals surface area contributed by atoms with Crippen LogP contribution in [-0.2, 0) is 0 Å². The fourth-order valence-electron chi connectivity index (χ4n) is 4.28. The molecule has 1 aliphatic heterocycles. The summed E-state index contributed by atoms with van der Waals surface area (Å²) < 4.78 is 0. The highest BCUT2D eigenvalue weighted by Crippen LogP contribution is 2.52. The van der Waals surface area contributed by atoms with Gasteiger partial charge in [-0.1, -0.05) is 53.6 Å². The van der Waals surface area contributed by atoms with Gasteiger partial charge in [0.05, 0.1) is 16.8 Å². The highest BCUT2D eigenvalue weighted by molar-refractivity contribution is 6.36. The molecule has 0 fully saturated rings. The second-order valence-corrected chi connectivity index (χ2v) is 7.46. The van der Waals surface area contributed by atoms with Gasteiger partial charge in [-0.3, -0.25) is 0 Å². The number of hydrogen-bond donors (Lipinski definition) is 2. The van der Waals surface area contributed by atoms with Crippen molar-refractivity contribution in [3.8, 4) is 0 Å². The van der Waals surface area contributed by atoms with E-state index in [0.29, 0.717) is 21.9 Å². The standard InChI is InChI=1S/C20H16Cl2N2/c21-11-8-15-12-5-3-6-14(12)19(24-20(15)17(22)9-11)16-10-23-18-7-2-1-4-13(16)18/h1-5,7-10,12,14,19,23-24H,6H2. The van der Waals surface area contributed by atoms with Gasteiger partial charge in [-0.2, -0.15) is 0 Å². The van der Waals surface area contributed by atoms with Gasteiger partial charge in [0.15, 0.2) is 0 Å². The molecule has 0 amide bonds. The number of aromatic nitrogens is 1. The molecule has 3 aromatic rings.